The van der Waals surface area contributed by atoms with Crippen molar-refractivity contribution in [2.24, 2.45) is 0 Å². The largest absolute Gasteiger partial charge is 0.300 e. The Kier molecular flexibility index (Phi) is 5.02. The third-order valence-corrected chi connectivity index (χ3v) is 3.67. The topological polar surface area (TPSA) is 33.2 Å². The zero-order chi connectivity index (χ0) is 13.7. The number of halogens is 1. The number of nitrogens with zero attached hydrogens (tertiary/aromatic N) is 2. The van der Waals surface area contributed by atoms with Gasteiger partial charge < -0.3 is 0 Å². The number of Topliss-reactive ketones (excluding diaryl/α,β-unsaturated/α-hetero) is 1. The first-order chi connectivity index (χ1) is 9.15. The van der Waals surface area contributed by atoms with Gasteiger partial charge in [0.2, 0.25) is 0 Å². The molecule has 0 saturated carbocycles. The molecule has 19 heavy (non-hydrogen) atoms. The first-order valence-corrected chi connectivity index (χ1v) is 6.98. The molecule has 104 valence electrons. The SMILES string of the molecule is CC(=O)CC1CCCCCN1Cc1cncc(F)c1. The third kappa shape index (κ3) is 4.39. The Balaban J connectivity index is 2.07. The van der Waals surface area contributed by atoms with Crippen LogP contribution in [0.1, 0.15) is 44.6 Å². The summed E-state index contributed by atoms with van der Waals surface area (Å²) in [6.07, 6.45) is 8.13. The fourth-order valence-corrected chi connectivity index (χ4v) is 2.78. The van der Waals surface area contributed by atoms with Crippen molar-refractivity contribution >= 4 is 5.78 Å². The third-order valence-electron chi connectivity index (χ3n) is 3.67. The normalized spacial score (nSPS) is 21.1. The van der Waals surface area contributed by atoms with Crippen LogP contribution in [-0.4, -0.2) is 28.3 Å². The molecule has 2 heterocycles. The molecule has 1 unspecified atom stereocenters. The summed E-state index contributed by atoms with van der Waals surface area (Å²) in [6, 6.07) is 1.83. The summed E-state index contributed by atoms with van der Waals surface area (Å²) in [4.78, 5) is 17.6. The molecule has 0 aromatic carbocycles. The van der Waals surface area contributed by atoms with Gasteiger partial charge in [-0.15, -0.1) is 0 Å². The molecular formula is C15H21FN2O. The Bertz CT molecular complexity index is 436. The standard InChI is InChI=1S/C15H21FN2O/c1-12(19)7-15-5-3-2-4-6-18(15)11-13-8-14(16)10-17-9-13/h8-10,15H,2-7,11H2,1H3. The molecule has 0 amide bonds. The number of pyridine rings is 1. The van der Waals surface area contributed by atoms with E-state index in [1.165, 1.54) is 25.1 Å². The molecular weight excluding hydrogens is 243 g/mol. The summed E-state index contributed by atoms with van der Waals surface area (Å²) in [7, 11) is 0. The highest BCUT2D eigenvalue weighted by Crippen LogP contribution is 2.21. The molecule has 1 saturated heterocycles. The van der Waals surface area contributed by atoms with Crippen molar-refractivity contribution in [3.63, 3.8) is 0 Å². The fourth-order valence-electron chi connectivity index (χ4n) is 2.78. The van der Waals surface area contributed by atoms with Crippen LogP contribution in [0.2, 0.25) is 0 Å². The van der Waals surface area contributed by atoms with Crippen molar-refractivity contribution in [2.75, 3.05) is 6.54 Å². The lowest BCUT2D eigenvalue weighted by atomic mass is 10.0. The minimum atomic E-state index is -0.296. The number of ketones is 1. The number of aromatic nitrogens is 1. The van der Waals surface area contributed by atoms with Crippen molar-refractivity contribution in [1.29, 1.82) is 0 Å². The molecule has 0 N–H and O–H groups in total. The second kappa shape index (κ2) is 6.75. The number of hydrogen-bond donors (Lipinski definition) is 0. The van der Waals surface area contributed by atoms with E-state index in [1.54, 1.807) is 13.1 Å². The number of rotatable bonds is 4. The zero-order valence-electron chi connectivity index (χ0n) is 11.4. The molecule has 0 radical (unpaired) electrons. The van der Waals surface area contributed by atoms with Gasteiger partial charge in [-0.2, -0.15) is 0 Å². The summed E-state index contributed by atoms with van der Waals surface area (Å²) >= 11 is 0. The van der Waals surface area contributed by atoms with E-state index in [9.17, 15) is 9.18 Å². The Hall–Kier alpha value is -1.29. The van der Waals surface area contributed by atoms with Crippen LogP contribution in [0.5, 0.6) is 0 Å². The van der Waals surface area contributed by atoms with E-state index in [0.29, 0.717) is 19.0 Å². The van der Waals surface area contributed by atoms with Gasteiger partial charge in [-0.1, -0.05) is 12.8 Å². The van der Waals surface area contributed by atoms with Gasteiger partial charge in [0, 0.05) is 25.2 Å². The summed E-state index contributed by atoms with van der Waals surface area (Å²) in [6.45, 7) is 3.31. The number of likely N-dealkylation sites (tertiary alicyclic amines) is 1. The van der Waals surface area contributed by atoms with Gasteiger partial charge in [0.25, 0.3) is 0 Å². The molecule has 1 atom stereocenters. The number of carbonyl (C=O) groups excluding carboxylic acids is 1. The van der Waals surface area contributed by atoms with E-state index in [1.807, 2.05) is 0 Å². The molecule has 1 aromatic heterocycles. The van der Waals surface area contributed by atoms with Crippen LogP contribution in [0.15, 0.2) is 18.5 Å². The summed E-state index contributed by atoms with van der Waals surface area (Å²) < 4.78 is 13.2. The molecule has 1 aliphatic heterocycles. The highest BCUT2D eigenvalue weighted by atomic mass is 19.1. The van der Waals surface area contributed by atoms with Crippen LogP contribution in [0.3, 0.4) is 0 Å². The lowest BCUT2D eigenvalue weighted by Gasteiger charge is -2.29. The molecule has 1 aliphatic rings. The van der Waals surface area contributed by atoms with Crippen LogP contribution in [0.4, 0.5) is 4.39 Å². The molecule has 0 spiro atoms. The van der Waals surface area contributed by atoms with Crippen molar-refractivity contribution in [2.45, 2.75) is 51.6 Å². The van der Waals surface area contributed by atoms with E-state index in [-0.39, 0.29) is 11.6 Å². The maximum absolute atomic E-state index is 13.2. The van der Waals surface area contributed by atoms with Crippen LogP contribution >= 0.6 is 0 Å². The van der Waals surface area contributed by atoms with Gasteiger partial charge in [0.1, 0.15) is 11.6 Å². The van der Waals surface area contributed by atoms with Gasteiger partial charge in [-0.25, -0.2) is 4.39 Å². The minimum absolute atomic E-state index is 0.231. The monoisotopic (exact) mass is 264 g/mol. The van der Waals surface area contributed by atoms with Gasteiger partial charge in [0.15, 0.2) is 0 Å². The van der Waals surface area contributed by atoms with Crippen molar-refractivity contribution in [3.8, 4) is 0 Å². The van der Waals surface area contributed by atoms with Crippen LogP contribution in [-0.2, 0) is 11.3 Å². The molecule has 4 heteroatoms. The Morgan fingerprint density at radius 3 is 3.00 bits per heavy atom. The van der Waals surface area contributed by atoms with Crippen LogP contribution in [0.25, 0.3) is 0 Å². The molecule has 3 nitrogen and oxygen atoms in total. The molecule has 1 aromatic rings. The lowest BCUT2D eigenvalue weighted by Crippen LogP contribution is -2.35. The van der Waals surface area contributed by atoms with Crippen molar-refractivity contribution in [1.82, 2.24) is 9.88 Å². The molecule has 0 aliphatic carbocycles. The minimum Gasteiger partial charge on any atom is -0.300 e. The highest BCUT2D eigenvalue weighted by molar-refractivity contribution is 5.76. The smallest absolute Gasteiger partial charge is 0.141 e. The Labute approximate surface area is 113 Å². The van der Waals surface area contributed by atoms with E-state index in [4.69, 9.17) is 0 Å². The Morgan fingerprint density at radius 1 is 1.42 bits per heavy atom. The quantitative estimate of drug-likeness (QED) is 0.838. The predicted molar refractivity (Wildman–Crippen MR) is 72.2 cm³/mol. The van der Waals surface area contributed by atoms with Crippen LogP contribution in [0, 0.1) is 5.82 Å². The first-order valence-electron chi connectivity index (χ1n) is 6.98. The predicted octanol–water partition coefficient (Wildman–Crippen LogP) is 2.94. The van der Waals surface area contributed by atoms with Crippen molar-refractivity contribution < 1.29 is 9.18 Å². The zero-order valence-corrected chi connectivity index (χ0v) is 11.4. The fraction of sp³-hybridized carbons (Fsp3) is 0.600. The highest BCUT2D eigenvalue weighted by Gasteiger charge is 2.22. The van der Waals surface area contributed by atoms with E-state index < -0.39 is 0 Å². The van der Waals surface area contributed by atoms with E-state index in [0.717, 1.165) is 24.9 Å². The first kappa shape index (κ1) is 14.1. The molecule has 2 rings (SSSR count). The maximum Gasteiger partial charge on any atom is 0.141 e. The average Bonchev–Trinajstić information content (AvgIpc) is 2.55. The number of hydrogen-bond acceptors (Lipinski definition) is 3. The summed E-state index contributed by atoms with van der Waals surface area (Å²) in [5.41, 5.74) is 0.885. The van der Waals surface area contributed by atoms with E-state index >= 15 is 0 Å². The molecule has 1 fully saturated rings. The van der Waals surface area contributed by atoms with Gasteiger partial charge in [-0.3, -0.25) is 14.7 Å². The van der Waals surface area contributed by atoms with Gasteiger partial charge >= 0.3 is 0 Å². The Morgan fingerprint density at radius 2 is 2.26 bits per heavy atom. The van der Waals surface area contributed by atoms with Crippen LogP contribution < -0.4 is 0 Å². The van der Waals surface area contributed by atoms with Crippen molar-refractivity contribution in [3.05, 3.63) is 29.8 Å². The van der Waals surface area contributed by atoms with E-state index in [2.05, 4.69) is 9.88 Å². The van der Waals surface area contributed by atoms with Gasteiger partial charge in [0.05, 0.1) is 6.20 Å². The summed E-state index contributed by atoms with van der Waals surface area (Å²) in [5.74, 6) is -0.0651. The maximum atomic E-state index is 13.2. The second-order valence-electron chi connectivity index (χ2n) is 5.39. The second-order valence-corrected chi connectivity index (χ2v) is 5.39. The number of carbonyl (C=O) groups is 1. The summed E-state index contributed by atoms with van der Waals surface area (Å²) in [5, 5.41) is 0. The molecule has 0 bridgehead atoms. The van der Waals surface area contributed by atoms with Gasteiger partial charge in [-0.05, 0) is 37.9 Å². The average molecular weight is 264 g/mol. The lowest BCUT2D eigenvalue weighted by molar-refractivity contribution is -0.118.